The van der Waals surface area contributed by atoms with E-state index >= 15 is 0 Å². The van der Waals surface area contributed by atoms with Crippen molar-refractivity contribution in [1.29, 1.82) is 0 Å². The number of nitrogens with one attached hydrogen (secondary N) is 1. The highest BCUT2D eigenvalue weighted by atomic mass is 16.5. The first-order chi connectivity index (χ1) is 11.6. The third-order valence-electron chi connectivity index (χ3n) is 5.88. The maximum atomic E-state index is 13.0. The molecule has 0 aromatic carbocycles. The molecule has 2 aliphatic heterocycles. The lowest BCUT2D eigenvalue weighted by molar-refractivity contribution is -0.156. The third kappa shape index (κ3) is 2.33. The molecule has 4 rings (SSSR count). The van der Waals surface area contributed by atoms with Gasteiger partial charge in [-0.25, -0.2) is 0 Å². The van der Waals surface area contributed by atoms with Crippen LogP contribution in [0.25, 0.3) is 0 Å². The molecular weight excluding hydrogens is 310 g/mol. The number of hydrogen-bond donors (Lipinski definition) is 2. The number of hydrogen-bond acceptors (Lipinski definition) is 5. The Hall–Kier alpha value is -1.89. The predicted molar refractivity (Wildman–Crippen MR) is 84.8 cm³/mol. The molecule has 0 bridgehead atoms. The number of aliphatic carboxylic acids is 1. The van der Waals surface area contributed by atoms with Crippen LogP contribution in [0.4, 0.5) is 0 Å². The minimum absolute atomic E-state index is 0.0565. The molecule has 1 aromatic rings. The summed E-state index contributed by atoms with van der Waals surface area (Å²) in [6.45, 7) is 1.66. The number of amides is 1. The second kappa shape index (κ2) is 5.88. The van der Waals surface area contributed by atoms with E-state index in [1.165, 1.54) is 0 Å². The van der Waals surface area contributed by atoms with Crippen molar-refractivity contribution in [3.05, 3.63) is 17.0 Å². The predicted octanol–water partition coefficient (Wildman–Crippen LogP) is 1.22. The minimum Gasteiger partial charge on any atom is -0.481 e. The SMILES string of the molecule is O=C(c1noc2c1CCCC2)N1CC[C@H]2NCCC[C@]2(C(=O)O)C1. The summed E-state index contributed by atoms with van der Waals surface area (Å²) in [5.41, 5.74) is 0.447. The number of rotatable bonds is 2. The van der Waals surface area contributed by atoms with Crippen LogP contribution in [0.3, 0.4) is 0 Å². The van der Waals surface area contributed by atoms with Gasteiger partial charge in [-0.1, -0.05) is 5.16 Å². The number of nitrogens with zero attached hydrogens (tertiary/aromatic N) is 2. The van der Waals surface area contributed by atoms with Crippen molar-refractivity contribution < 1.29 is 19.2 Å². The molecule has 0 unspecified atom stereocenters. The number of aromatic nitrogens is 1. The highest BCUT2D eigenvalue weighted by molar-refractivity contribution is 5.94. The fourth-order valence-electron chi connectivity index (χ4n) is 4.52. The quantitative estimate of drug-likeness (QED) is 0.845. The fourth-order valence-corrected chi connectivity index (χ4v) is 4.52. The number of carboxylic acid groups (broad SMARTS) is 1. The zero-order valence-electron chi connectivity index (χ0n) is 13.7. The van der Waals surface area contributed by atoms with Crippen molar-refractivity contribution in [3.63, 3.8) is 0 Å². The summed E-state index contributed by atoms with van der Waals surface area (Å²) in [5.74, 6) is -0.155. The van der Waals surface area contributed by atoms with Gasteiger partial charge in [0.15, 0.2) is 5.69 Å². The van der Waals surface area contributed by atoms with Crippen LogP contribution in [0.15, 0.2) is 4.52 Å². The van der Waals surface area contributed by atoms with Gasteiger partial charge in [0.1, 0.15) is 11.2 Å². The van der Waals surface area contributed by atoms with E-state index in [-0.39, 0.29) is 18.5 Å². The van der Waals surface area contributed by atoms with Crippen LogP contribution in [0.1, 0.15) is 53.9 Å². The van der Waals surface area contributed by atoms with Gasteiger partial charge in [-0.2, -0.15) is 0 Å². The number of likely N-dealkylation sites (tertiary alicyclic amines) is 1. The average Bonchev–Trinajstić information content (AvgIpc) is 3.04. The summed E-state index contributed by atoms with van der Waals surface area (Å²) >= 11 is 0. The van der Waals surface area contributed by atoms with Gasteiger partial charge in [-0.3, -0.25) is 9.59 Å². The molecule has 2 N–H and O–H groups in total. The molecule has 7 heteroatoms. The van der Waals surface area contributed by atoms with Gasteiger partial charge in [-0.15, -0.1) is 0 Å². The average molecular weight is 333 g/mol. The van der Waals surface area contributed by atoms with Gasteiger partial charge in [0.25, 0.3) is 5.91 Å². The summed E-state index contributed by atoms with van der Waals surface area (Å²) in [5, 5.41) is 17.2. The molecule has 1 aromatic heterocycles. The first kappa shape index (κ1) is 15.6. The molecule has 2 saturated heterocycles. The molecule has 0 spiro atoms. The monoisotopic (exact) mass is 333 g/mol. The molecule has 7 nitrogen and oxygen atoms in total. The largest absolute Gasteiger partial charge is 0.481 e. The maximum Gasteiger partial charge on any atom is 0.313 e. The number of carbonyl (C=O) groups is 2. The summed E-state index contributed by atoms with van der Waals surface area (Å²) in [4.78, 5) is 26.6. The first-order valence-electron chi connectivity index (χ1n) is 8.85. The van der Waals surface area contributed by atoms with E-state index in [9.17, 15) is 14.7 Å². The Morgan fingerprint density at radius 1 is 1.29 bits per heavy atom. The molecule has 24 heavy (non-hydrogen) atoms. The van der Waals surface area contributed by atoms with Crippen LogP contribution >= 0.6 is 0 Å². The van der Waals surface area contributed by atoms with Gasteiger partial charge in [0, 0.05) is 31.1 Å². The van der Waals surface area contributed by atoms with Gasteiger partial charge in [0.2, 0.25) is 0 Å². The van der Waals surface area contributed by atoms with Crippen molar-refractivity contribution in [1.82, 2.24) is 15.4 Å². The summed E-state index contributed by atoms with van der Waals surface area (Å²) in [6.07, 6.45) is 5.86. The van der Waals surface area contributed by atoms with Crippen LogP contribution in [0.2, 0.25) is 0 Å². The van der Waals surface area contributed by atoms with Crippen LogP contribution in [-0.4, -0.2) is 52.7 Å². The van der Waals surface area contributed by atoms with Crippen LogP contribution in [0, 0.1) is 5.41 Å². The van der Waals surface area contributed by atoms with Crippen molar-refractivity contribution in [2.24, 2.45) is 5.41 Å². The molecule has 2 fully saturated rings. The van der Waals surface area contributed by atoms with Crippen molar-refractivity contribution >= 4 is 11.9 Å². The van der Waals surface area contributed by atoms with E-state index in [0.29, 0.717) is 25.1 Å². The van der Waals surface area contributed by atoms with E-state index in [0.717, 1.165) is 50.0 Å². The Morgan fingerprint density at radius 2 is 2.12 bits per heavy atom. The van der Waals surface area contributed by atoms with Gasteiger partial charge in [0.05, 0.1) is 0 Å². The molecule has 1 amide bonds. The molecule has 0 saturated carbocycles. The number of fused-ring (bicyclic) bond motifs is 2. The Morgan fingerprint density at radius 3 is 2.96 bits per heavy atom. The van der Waals surface area contributed by atoms with Crippen LogP contribution < -0.4 is 5.32 Å². The lowest BCUT2D eigenvalue weighted by Crippen LogP contribution is -2.63. The molecule has 3 aliphatic rings. The van der Waals surface area contributed by atoms with Crippen molar-refractivity contribution in [2.45, 2.75) is 51.0 Å². The Bertz CT molecular complexity index is 671. The summed E-state index contributed by atoms with van der Waals surface area (Å²) in [6, 6.07) is -0.0565. The third-order valence-corrected chi connectivity index (χ3v) is 5.88. The Labute approximate surface area is 140 Å². The molecule has 130 valence electrons. The summed E-state index contributed by atoms with van der Waals surface area (Å²) < 4.78 is 5.35. The van der Waals surface area contributed by atoms with Crippen LogP contribution in [0.5, 0.6) is 0 Å². The normalized spacial score (nSPS) is 29.7. The number of carbonyl (C=O) groups excluding carboxylic acids is 1. The zero-order valence-corrected chi connectivity index (χ0v) is 13.7. The Kier molecular flexibility index (Phi) is 3.83. The standard InChI is InChI=1S/C17H23N3O4/c21-15(14-11-4-1-2-5-12(11)24-19-14)20-9-6-13-17(10-20,16(22)23)7-3-8-18-13/h13,18H,1-10H2,(H,22,23)/t13-,17+/m1/s1. The van der Waals surface area contributed by atoms with Crippen LogP contribution in [-0.2, 0) is 17.6 Å². The molecular formula is C17H23N3O4. The molecule has 3 heterocycles. The number of carboxylic acids is 1. The summed E-state index contributed by atoms with van der Waals surface area (Å²) in [7, 11) is 0. The highest BCUT2D eigenvalue weighted by Crippen LogP contribution is 2.38. The highest BCUT2D eigenvalue weighted by Gasteiger charge is 2.51. The second-order valence-corrected chi connectivity index (χ2v) is 7.23. The molecule has 1 aliphatic carbocycles. The van der Waals surface area contributed by atoms with E-state index in [2.05, 4.69) is 10.5 Å². The first-order valence-corrected chi connectivity index (χ1v) is 8.85. The lowest BCUT2D eigenvalue weighted by atomic mass is 9.70. The zero-order chi connectivity index (χ0) is 16.7. The second-order valence-electron chi connectivity index (χ2n) is 7.23. The number of piperidine rings is 2. The smallest absolute Gasteiger partial charge is 0.313 e. The number of aryl methyl sites for hydroxylation is 1. The topological polar surface area (TPSA) is 95.7 Å². The van der Waals surface area contributed by atoms with Crippen molar-refractivity contribution in [3.8, 4) is 0 Å². The fraction of sp³-hybridized carbons (Fsp3) is 0.706. The van der Waals surface area contributed by atoms with E-state index in [1.807, 2.05) is 0 Å². The lowest BCUT2D eigenvalue weighted by Gasteiger charge is -2.48. The van der Waals surface area contributed by atoms with E-state index < -0.39 is 11.4 Å². The van der Waals surface area contributed by atoms with Gasteiger partial charge < -0.3 is 19.8 Å². The molecule has 0 radical (unpaired) electrons. The van der Waals surface area contributed by atoms with Crippen molar-refractivity contribution in [2.75, 3.05) is 19.6 Å². The molecule has 2 atom stereocenters. The van der Waals surface area contributed by atoms with E-state index in [1.54, 1.807) is 4.90 Å². The maximum absolute atomic E-state index is 13.0. The Balaban J connectivity index is 1.59. The van der Waals surface area contributed by atoms with Gasteiger partial charge >= 0.3 is 5.97 Å². The van der Waals surface area contributed by atoms with E-state index in [4.69, 9.17) is 4.52 Å². The minimum atomic E-state index is -0.879. The van der Waals surface area contributed by atoms with Gasteiger partial charge in [-0.05, 0) is 45.1 Å².